The van der Waals surface area contributed by atoms with Gasteiger partial charge < -0.3 is 21.4 Å². The predicted molar refractivity (Wildman–Crippen MR) is 129 cm³/mol. The lowest BCUT2D eigenvalue weighted by Gasteiger charge is -2.13. The summed E-state index contributed by atoms with van der Waals surface area (Å²) in [6.07, 6.45) is 1.50. The lowest BCUT2D eigenvalue weighted by Crippen LogP contribution is -2.38. The molecule has 1 aromatic heterocycles. The van der Waals surface area contributed by atoms with Gasteiger partial charge in [-0.3, -0.25) is 4.79 Å². The Morgan fingerprint density at radius 2 is 1.62 bits per heavy atom. The van der Waals surface area contributed by atoms with Crippen molar-refractivity contribution >= 4 is 16.9 Å². The predicted octanol–water partition coefficient (Wildman–Crippen LogP) is 3.83. The summed E-state index contributed by atoms with van der Waals surface area (Å²) in [5.74, 6) is -0.740. The lowest BCUT2D eigenvalue weighted by atomic mass is 10.1. The summed E-state index contributed by atoms with van der Waals surface area (Å²) in [4.78, 5) is 17.7. The molecule has 0 radical (unpaired) electrons. The Hall–Kier alpha value is -3.62. The molecule has 176 valence electrons. The fraction of sp³-hybridized carbons (Fsp3) is 0.231. The number of carbonyl (C=O) groups excluding carboxylic acids is 1. The second-order valence-corrected chi connectivity index (χ2v) is 8.26. The number of benzene rings is 3. The molecule has 0 spiro atoms. The van der Waals surface area contributed by atoms with Crippen LogP contribution in [0.2, 0.25) is 0 Å². The molecular weight excluding hydrogens is 436 g/mol. The molecule has 6 nitrogen and oxygen atoms in total. The molecule has 0 aliphatic rings. The zero-order chi connectivity index (χ0) is 24.1. The average molecular weight is 464 g/mol. The molecule has 0 aliphatic carbocycles. The van der Waals surface area contributed by atoms with Crippen molar-refractivity contribution in [3.05, 3.63) is 89.8 Å². The van der Waals surface area contributed by atoms with E-state index < -0.39 is 0 Å². The number of nitrogens with one attached hydrogen (secondary N) is 1. The van der Waals surface area contributed by atoms with Gasteiger partial charge in [0.2, 0.25) is 0 Å². The van der Waals surface area contributed by atoms with Gasteiger partial charge in [-0.1, -0.05) is 30.3 Å². The van der Waals surface area contributed by atoms with Crippen LogP contribution in [0.15, 0.2) is 66.7 Å². The molecule has 5 N–H and O–H groups in total. The minimum Gasteiger partial charge on any atom is -0.348 e. The highest BCUT2D eigenvalue weighted by Crippen LogP contribution is 2.26. The largest absolute Gasteiger partial charge is 0.348 e. The Morgan fingerprint density at radius 1 is 0.971 bits per heavy atom. The molecule has 4 rings (SSSR count). The summed E-state index contributed by atoms with van der Waals surface area (Å²) < 4.78 is 28.5. The Balaban J connectivity index is 1.68. The normalized spacial score (nSPS) is 12.1. The summed E-state index contributed by atoms with van der Waals surface area (Å²) in [5.41, 5.74) is 15.5. The number of amides is 1. The van der Waals surface area contributed by atoms with Gasteiger partial charge in [0.1, 0.15) is 11.6 Å². The van der Waals surface area contributed by atoms with Gasteiger partial charge in [-0.25, -0.2) is 13.8 Å². The molecule has 0 saturated heterocycles. The molecule has 0 bridgehead atoms. The molecule has 1 amide bonds. The Kier molecular flexibility index (Phi) is 7.30. The summed E-state index contributed by atoms with van der Waals surface area (Å²) in [6, 6.07) is 17.8. The van der Waals surface area contributed by atoms with Gasteiger partial charge in [-0.15, -0.1) is 0 Å². The molecule has 4 aromatic rings. The van der Waals surface area contributed by atoms with Crippen molar-refractivity contribution in [1.29, 1.82) is 0 Å². The number of carbonyl (C=O) groups is 1. The Bertz CT molecular complexity index is 1270. The number of hydrogen-bond donors (Lipinski definition) is 3. The molecule has 0 fully saturated rings. The molecule has 0 saturated carbocycles. The first-order valence-corrected chi connectivity index (χ1v) is 11.2. The quantitative estimate of drug-likeness (QED) is 0.351. The molecule has 34 heavy (non-hydrogen) atoms. The first kappa shape index (κ1) is 23.5. The third kappa shape index (κ3) is 5.47. The van der Waals surface area contributed by atoms with Crippen molar-refractivity contribution in [2.75, 3.05) is 13.1 Å². The van der Waals surface area contributed by atoms with E-state index >= 15 is 0 Å². The maximum atomic E-state index is 13.4. The average Bonchev–Trinajstić information content (AvgIpc) is 3.20. The van der Waals surface area contributed by atoms with Crippen LogP contribution in [0.5, 0.6) is 0 Å². The summed E-state index contributed by atoms with van der Waals surface area (Å²) in [5, 5.41) is 2.87. The number of nitrogens with two attached hydrogens (primary N) is 2. The van der Waals surface area contributed by atoms with Crippen molar-refractivity contribution in [3.8, 4) is 11.1 Å². The third-order valence-electron chi connectivity index (χ3n) is 5.69. The van der Waals surface area contributed by atoms with Gasteiger partial charge in [-0.05, 0) is 72.5 Å². The fourth-order valence-electron chi connectivity index (χ4n) is 3.84. The standard InChI is InChI=1S/C26H27F2N5O/c27-20-8-3-17(4-9-20)16-33-24-12-7-19(18-5-10-21(28)11-6-18)14-23(24)32-25(33)26(34)31-15-22(30)2-1-13-29/h3-12,14,22H,1-2,13,15-16,29-30H2,(H,31,34). The first-order chi connectivity index (χ1) is 16.4. The van der Waals surface area contributed by atoms with E-state index in [-0.39, 0.29) is 29.4 Å². The monoisotopic (exact) mass is 463 g/mol. The molecule has 8 heteroatoms. The van der Waals surface area contributed by atoms with Crippen LogP contribution in [-0.4, -0.2) is 34.6 Å². The first-order valence-electron chi connectivity index (χ1n) is 11.2. The zero-order valence-electron chi connectivity index (χ0n) is 18.7. The number of halogens is 2. The van der Waals surface area contributed by atoms with Crippen LogP contribution in [0.25, 0.3) is 22.2 Å². The van der Waals surface area contributed by atoms with Crippen molar-refractivity contribution < 1.29 is 13.6 Å². The highest BCUT2D eigenvalue weighted by molar-refractivity contribution is 5.95. The lowest BCUT2D eigenvalue weighted by molar-refractivity contribution is 0.0937. The van der Waals surface area contributed by atoms with Crippen LogP contribution < -0.4 is 16.8 Å². The second-order valence-electron chi connectivity index (χ2n) is 8.26. The number of imidazole rings is 1. The fourth-order valence-corrected chi connectivity index (χ4v) is 3.84. The second kappa shape index (κ2) is 10.5. The van der Waals surface area contributed by atoms with Crippen LogP contribution in [0.4, 0.5) is 8.78 Å². The van der Waals surface area contributed by atoms with E-state index in [0.29, 0.717) is 31.6 Å². The summed E-state index contributed by atoms with van der Waals surface area (Å²) >= 11 is 0. The van der Waals surface area contributed by atoms with E-state index in [1.54, 1.807) is 28.8 Å². The minimum atomic E-state index is -0.343. The van der Waals surface area contributed by atoms with Crippen molar-refractivity contribution in [1.82, 2.24) is 14.9 Å². The van der Waals surface area contributed by atoms with Gasteiger partial charge in [-0.2, -0.15) is 0 Å². The molecule has 1 unspecified atom stereocenters. The van der Waals surface area contributed by atoms with E-state index in [1.165, 1.54) is 24.3 Å². The van der Waals surface area contributed by atoms with Gasteiger partial charge >= 0.3 is 0 Å². The molecule has 1 heterocycles. The smallest absolute Gasteiger partial charge is 0.287 e. The SMILES string of the molecule is NCCCC(N)CNC(=O)c1nc2cc(-c3ccc(F)cc3)ccc2n1Cc1ccc(F)cc1. The number of aromatic nitrogens is 2. The van der Waals surface area contributed by atoms with Crippen molar-refractivity contribution in [3.63, 3.8) is 0 Å². The van der Waals surface area contributed by atoms with E-state index in [4.69, 9.17) is 11.5 Å². The number of fused-ring (bicyclic) bond motifs is 1. The van der Waals surface area contributed by atoms with E-state index in [0.717, 1.165) is 28.6 Å². The van der Waals surface area contributed by atoms with E-state index in [2.05, 4.69) is 10.3 Å². The Morgan fingerprint density at radius 3 is 2.29 bits per heavy atom. The minimum absolute atomic E-state index is 0.201. The molecule has 0 aliphatic heterocycles. The van der Waals surface area contributed by atoms with E-state index in [9.17, 15) is 13.6 Å². The topological polar surface area (TPSA) is 99.0 Å². The Labute approximate surface area is 196 Å². The number of nitrogens with zero attached hydrogens (tertiary/aromatic N) is 2. The van der Waals surface area contributed by atoms with Gasteiger partial charge in [0, 0.05) is 19.1 Å². The highest BCUT2D eigenvalue weighted by Gasteiger charge is 2.19. The van der Waals surface area contributed by atoms with Crippen LogP contribution in [0, 0.1) is 11.6 Å². The van der Waals surface area contributed by atoms with Gasteiger partial charge in [0.05, 0.1) is 11.0 Å². The highest BCUT2D eigenvalue weighted by atomic mass is 19.1. The van der Waals surface area contributed by atoms with Crippen LogP contribution in [-0.2, 0) is 6.54 Å². The maximum Gasteiger partial charge on any atom is 0.287 e. The maximum absolute atomic E-state index is 13.4. The molecular formula is C26H27F2N5O. The van der Waals surface area contributed by atoms with Gasteiger partial charge in [0.25, 0.3) is 5.91 Å². The summed E-state index contributed by atoms with van der Waals surface area (Å²) in [6.45, 7) is 1.19. The van der Waals surface area contributed by atoms with E-state index in [1.807, 2.05) is 18.2 Å². The van der Waals surface area contributed by atoms with Crippen molar-refractivity contribution in [2.45, 2.75) is 25.4 Å². The number of rotatable bonds is 9. The number of hydrogen-bond acceptors (Lipinski definition) is 4. The summed E-state index contributed by atoms with van der Waals surface area (Å²) in [7, 11) is 0. The van der Waals surface area contributed by atoms with Crippen molar-refractivity contribution in [2.24, 2.45) is 11.5 Å². The molecule has 3 aromatic carbocycles. The van der Waals surface area contributed by atoms with Crippen LogP contribution in [0.3, 0.4) is 0 Å². The van der Waals surface area contributed by atoms with Gasteiger partial charge in [0.15, 0.2) is 5.82 Å². The molecule has 1 atom stereocenters. The zero-order valence-corrected chi connectivity index (χ0v) is 18.7. The third-order valence-corrected chi connectivity index (χ3v) is 5.69. The van der Waals surface area contributed by atoms with Crippen LogP contribution >= 0.6 is 0 Å². The van der Waals surface area contributed by atoms with Crippen LogP contribution in [0.1, 0.15) is 29.0 Å².